The van der Waals surface area contributed by atoms with Crippen molar-refractivity contribution in [2.75, 3.05) is 19.7 Å². The third-order valence-corrected chi connectivity index (χ3v) is 3.90. The average molecular weight is 183 g/mol. The highest BCUT2D eigenvalue weighted by Crippen LogP contribution is 2.41. The molecule has 1 saturated carbocycles. The Bertz CT molecular complexity index is 165. The molecule has 0 unspecified atom stereocenters. The molecule has 0 radical (unpaired) electrons. The van der Waals surface area contributed by atoms with Gasteiger partial charge >= 0.3 is 0 Å². The number of likely N-dealkylation sites (tertiary alicyclic amines) is 1. The van der Waals surface area contributed by atoms with Gasteiger partial charge < -0.3 is 5.11 Å². The number of nitrogens with zero attached hydrogens (tertiary/aromatic N) is 1. The second-order valence-corrected chi connectivity index (χ2v) is 4.80. The van der Waals surface area contributed by atoms with E-state index in [0.29, 0.717) is 6.61 Å². The van der Waals surface area contributed by atoms with Crippen LogP contribution in [0.25, 0.3) is 0 Å². The molecule has 0 spiro atoms. The summed E-state index contributed by atoms with van der Waals surface area (Å²) in [6, 6.07) is 0. The molecule has 2 fully saturated rings. The quantitative estimate of drug-likeness (QED) is 0.716. The second-order valence-electron chi connectivity index (χ2n) is 4.80. The van der Waals surface area contributed by atoms with Crippen LogP contribution in [0.2, 0.25) is 0 Å². The molecule has 0 aromatic rings. The largest absolute Gasteiger partial charge is 0.394 e. The summed E-state index contributed by atoms with van der Waals surface area (Å²) in [5.41, 5.74) is 0.226. The summed E-state index contributed by atoms with van der Waals surface area (Å²) >= 11 is 0. The molecule has 0 amide bonds. The first kappa shape index (κ1) is 9.47. The zero-order chi connectivity index (χ0) is 9.31. The fourth-order valence-electron chi connectivity index (χ4n) is 2.71. The number of aliphatic hydroxyl groups is 1. The lowest BCUT2D eigenvalue weighted by Gasteiger charge is -2.56. The van der Waals surface area contributed by atoms with E-state index in [1.807, 2.05) is 0 Å². The van der Waals surface area contributed by atoms with Crippen molar-refractivity contribution in [1.29, 1.82) is 0 Å². The molecule has 1 heterocycles. The predicted molar refractivity (Wildman–Crippen MR) is 53.6 cm³/mol. The zero-order valence-electron chi connectivity index (χ0n) is 8.63. The van der Waals surface area contributed by atoms with Crippen molar-refractivity contribution in [2.24, 2.45) is 5.92 Å². The third kappa shape index (κ3) is 1.50. The van der Waals surface area contributed by atoms with Crippen LogP contribution in [0.3, 0.4) is 0 Å². The molecule has 76 valence electrons. The molecule has 13 heavy (non-hydrogen) atoms. The minimum absolute atomic E-state index is 0.226. The Morgan fingerprint density at radius 2 is 2.08 bits per heavy atom. The SMILES string of the molecule is CCCC1CN(C2(CO)CCC2)C1. The first-order valence-electron chi connectivity index (χ1n) is 5.66. The van der Waals surface area contributed by atoms with Gasteiger partial charge in [0, 0.05) is 18.6 Å². The predicted octanol–water partition coefficient (Wildman–Crippen LogP) is 1.63. The molecule has 2 nitrogen and oxygen atoms in total. The van der Waals surface area contributed by atoms with Crippen molar-refractivity contribution in [2.45, 2.75) is 44.6 Å². The molecule has 0 aromatic heterocycles. The van der Waals surface area contributed by atoms with Gasteiger partial charge in [0.05, 0.1) is 6.61 Å². The van der Waals surface area contributed by atoms with Crippen LogP contribution in [0.5, 0.6) is 0 Å². The number of hydrogen-bond donors (Lipinski definition) is 1. The van der Waals surface area contributed by atoms with Gasteiger partial charge in [-0.05, 0) is 31.6 Å². The lowest BCUT2D eigenvalue weighted by Crippen LogP contribution is -2.64. The Labute approximate surface area is 80.9 Å². The average Bonchev–Trinajstić information content (AvgIpc) is 1.99. The summed E-state index contributed by atoms with van der Waals surface area (Å²) in [6.07, 6.45) is 6.45. The van der Waals surface area contributed by atoms with E-state index >= 15 is 0 Å². The molecule has 0 bridgehead atoms. The van der Waals surface area contributed by atoms with Crippen molar-refractivity contribution >= 4 is 0 Å². The van der Waals surface area contributed by atoms with Crippen LogP contribution in [-0.4, -0.2) is 35.2 Å². The third-order valence-electron chi connectivity index (χ3n) is 3.90. The highest BCUT2D eigenvalue weighted by atomic mass is 16.3. The van der Waals surface area contributed by atoms with E-state index in [2.05, 4.69) is 11.8 Å². The monoisotopic (exact) mass is 183 g/mol. The van der Waals surface area contributed by atoms with Crippen LogP contribution in [0.4, 0.5) is 0 Å². The smallest absolute Gasteiger partial charge is 0.0615 e. The van der Waals surface area contributed by atoms with Gasteiger partial charge in [-0.15, -0.1) is 0 Å². The molecule has 1 N–H and O–H groups in total. The van der Waals surface area contributed by atoms with Gasteiger partial charge in [0.2, 0.25) is 0 Å². The van der Waals surface area contributed by atoms with E-state index < -0.39 is 0 Å². The van der Waals surface area contributed by atoms with Crippen LogP contribution < -0.4 is 0 Å². The van der Waals surface area contributed by atoms with Gasteiger partial charge in [-0.2, -0.15) is 0 Å². The normalized spacial score (nSPS) is 28.2. The van der Waals surface area contributed by atoms with Crippen molar-refractivity contribution in [3.05, 3.63) is 0 Å². The number of aliphatic hydroxyl groups excluding tert-OH is 1. The van der Waals surface area contributed by atoms with Crippen LogP contribution in [0.1, 0.15) is 39.0 Å². The van der Waals surface area contributed by atoms with E-state index in [1.54, 1.807) is 0 Å². The van der Waals surface area contributed by atoms with E-state index in [1.165, 1.54) is 45.2 Å². The first-order valence-corrected chi connectivity index (χ1v) is 5.66. The highest BCUT2D eigenvalue weighted by Gasteiger charge is 2.46. The van der Waals surface area contributed by atoms with Crippen molar-refractivity contribution in [3.8, 4) is 0 Å². The maximum Gasteiger partial charge on any atom is 0.0615 e. The van der Waals surface area contributed by atoms with Gasteiger partial charge in [-0.25, -0.2) is 0 Å². The second kappa shape index (κ2) is 3.58. The molecule has 0 atom stereocenters. The van der Waals surface area contributed by atoms with Gasteiger partial charge in [0.15, 0.2) is 0 Å². The molecule has 2 rings (SSSR count). The molecule has 2 heteroatoms. The van der Waals surface area contributed by atoms with E-state index in [9.17, 15) is 5.11 Å². The van der Waals surface area contributed by atoms with Gasteiger partial charge in [-0.3, -0.25) is 4.90 Å². The molecular formula is C11H21NO. The van der Waals surface area contributed by atoms with Crippen molar-refractivity contribution < 1.29 is 5.11 Å². The van der Waals surface area contributed by atoms with Crippen LogP contribution in [-0.2, 0) is 0 Å². The van der Waals surface area contributed by atoms with Crippen molar-refractivity contribution in [1.82, 2.24) is 4.90 Å². The fraction of sp³-hybridized carbons (Fsp3) is 1.00. The fourth-order valence-corrected chi connectivity index (χ4v) is 2.71. The van der Waals surface area contributed by atoms with Gasteiger partial charge in [-0.1, -0.05) is 13.3 Å². The Balaban J connectivity index is 1.78. The molecule has 1 aliphatic heterocycles. The summed E-state index contributed by atoms with van der Waals surface area (Å²) in [5.74, 6) is 0.925. The van der Waals surface area contributed by atoms with Crippen molar-refractivity contribution in [3.63, 3.8) is 0 Å². The van der Waals surface area contributed by atoms with E-state index in [0.717, 1.165) is 5.92 Å². The lowest BCUT2D eigenvalue weighted by atomic mass is 9.73. The Hall–Kier alpha value is -0.0800. The topological polar surface area (TPSA) is 23.5 Å². The van der Waals surface area contributed by atoms with Crippen LogP contribution >= 0.6 is 0 Å². The summed E-state index contributed by atoms with van der Waals surface area (Å²) in [6.45, 7) is 5.13. The first-order chi connectivity index (χ1) is 6.30. The summed E-state index contributed by atoms with van der Waals surface area (Å²) < 4.78 is 0. The van der Waals surface area contributed by atoms with E-state index in [-0.39, 0.29) is 5.54 Å². The summed E-state index contributed by atoms with van der Waals surface area (Å²) in [4.78, 5) is 2.51. The van der Waals surface area contributed by atoms with E-state index in [4.69, 9.17) is 0 Å². The zero-order valence-corrected chi connectivity index (χ0v) is 8.63. The number of hydrogen-bond acceptors (Lipinski definition) is 2. The Kier molecular flexibility index (Phi) is 2.61. The molecule has 0 aromatic carbocycles. The van der Waals surface area contributed by atoms with Crippen LogP contribution in [0, 0.1) is 5.92 Å². The minimum atomic E-state index is 0.226. The molecular weight excluding hydrogens is 162 g/mol. The van der Waals surface area contributed by atoms with Gasteiger partial charge in [0.25, 0.3) is 0 Å². The van der Waals surface area contributed by atoms with Gasteiger partial charge in [0.1, 0.15) is 0 Å². The molecule has 2 aliphatic rings. The van der Waals surface area contributed by atoms with Crippen LogP contribution in [0.15, 0.2) is 0 Å². The Morgan fingerprint density at radius 3 is 2.46 bits per heavy atom. The summed E-state index contributed by atoms with van der Waals surface area (Å²) in [7, 11) is 0. The minimum Gasteiger partial charge on any atom is -0.394 e. The maximum absolute atomic E-state index is 9.35. The number of rotatable bonds is 4. The standard InChI is InChI=1S/C11H21NO/c1-2-4-10-7-12(8-10)11(9-13)5-3-6-11/h10,13H,2-9H2,1H3. The lowest BCUT2D eigenvalue weighted by molar-refractivity contribution is -0.0910. The molecule has 1 aliphatic carbocycles. The highest BCUT2D eigenvalue weighted by molar-refractivity contribution is 5.02. The summed E-state index contributed by atoms with van der Waals surface area (Å²) in [5, 5.41) is 9.35. The Morgan fingerprint density at radius 1 is 1.38 bits per heavy atom. The molecule has 1 saturated heterocycles. The maximum atomic E-state index is 9.35.